The van der Waals surface area contributed by atoms with Crippen LogP contribution in [0.3, 0.4) is 0 Å². The van der Waals surface area contributed by atoms with Crippen LogP contribution < -0.4 is 0 Å². The van der Waals surface area contributed by atoms with Crippen LogP contribution in [0.25, 0.3) is 10.9 Å². The third kappa shape index (κ3) is 4.35. The summed E-state index contributed by atoms with van der Waals surface area (Å²) in [5, 5.41) is 15.9. The Kier molecular flexibility index (Phi) is 5.18. The van der Waals surface area contributed by atoms with E-state index in [1.807, 2.05) is 48.7 Å². The van der Waals surface area contributed by atoms with Crippen molar-refractivity contribution in [2.24, 2.45) is 0 Å². The van der Waals surface area contributed by atoms with Gasteiger partial charge in [0, 0.05) is 44.3 Å². The predicted molar refractivity (Wildman–Crippen MR) is 104 cm³/mol. The van der Waals surface area contributed by atoms with Crippen LogP contribution in [0.2, 0.25) is 0 Å². The molecule has 6 heteroatoms. The number of hydrogen-bond donors (Lipinski definition) is 1. The van der Waals surface area contributed by atoms with Gasteiger partial charge in [0.25, 0.3) is 0 Å². The highest BCUT2D eigenvalue weighted by atomic mass is 16.3. The minimum atomic E-state index is -0.545. The molecule has 0 radical (unpaired) electrons. The average molecular weight is 364 g/mol. The van der Waals surface area contributed by atoms with Crippen molar-refractivity contribution in [3.05, 3.63) is 66.4 Å². The number of fused-ring (bicyclic) bond motifs is 1. The molecule has 1 fully saturated rings. The molecule has 0 spiro atoms. The molecule has 1 amide bonds. The highest BCUT2D eigenvalue weighted by molar-refractivity contribution is 5.80. The molecule has 140 valence electrons. The van der Waals surface area contributed by atoms with E-state index in [1.165, 1.54) is 5.56 Å². The summed E-state index contributed by atoms with van der Waals surface area (Å²) in [6.07, 6.45) is 1.35. The average Bonchev–Trinajstić information content (AvgIpc) is 2.98. The zero-order chi connectivity index (χ0) is 18.6. The molecule has 1 atom stereocenters. The number of carbonyl (C=O) groups excluding carboxylic acids is 1. The number of benzene rings is 2. The van der Waals surface area contributed by atoms with Gasteiger partial charge in [0.05, 0.1) is 11.6 Å². The Morgan fingerprint density at radius 2 is 1.81 bits per heavy atom. The Balaban J connectivity index is 1.39. The van der Waals surface area contributed by atoms with Crippen molar-refractivity contribution in [3.8, 4) is 0 Å². The van der Waals surface area contributed by atoms with Gasteiger partial charge in [-0.25, -0.2) is 0 Å². The number of carbonyl (C=O) groups is 1. The summed E-state index contributed by atoms with van der Waals surface area (Å²) in [6.45, 7) is 3.28. The SMILES string of the molecule is O=C(Cn1cc2ccccc2n1)N1CCN(Cc2ccccc2)CC(O)C1. The van der Waals surface area contributed by atoms with Crippen LogP contribution in [-0.4, -0.2) is 62.9 Å². The van der Waals surface area contributed by atoms with Gasteiger partial charge in [-0.15, -0.1) is 0 Å². The summed E-state index contributed by atoms with van der Waals surface area (Å²) >= 11 is 0. The minimum Gasteiger partial charge on any atom is -0.390 e. The first-order valence-electron chi connectivity index (χ1n) is 9.32. The molecule has 1 saturated heterocycles. The summed E-state index contributed by atoms with van der Waals surface area (Å²) in [5.74, 6) is -0.0107. The lowest BCUT2D eigenvalue weighted by molar-refractivity contribution is -0.132. The van der Waals surface area contributed by atoms with Gasteiger partial charge in [0.15, 0.2) is 0 Å². The molecule has 2 aromatic carbocycles. The highest BCUT2D eigenvalue weighted by Gasteiger charge is 2.24. The summed E-state index contributed by atoms with van der Waals surface area (Å²) in [5.41, 5.74) is 2.10. The lowest BCUT2D eigenvalue weighted by Crippen LogP contribution is -2.39. The molecule has 1 N–H and O–H groups in total. The van der Waals surface area contributed by atoms with Gasteiger partial charge in [-0.05, 0) is 11.6 Å². The van der Waals surface area contributed by atoms with Crippen molar-refractivity contribution in [3.63, 3.8) is 0 Å². The maximum Gasteiger partial charge on any atom is 0.244 e. The maximum atomic E-state index is 12.7. The Hall–Kier alpha value is -2.70. The van der Waals surface area contributed by atoms with Gasteiger partial charge in [0.1, 0.15) is 6.54 Å². The van der Waals surface area contributed by atoms with Crippen LogP contribution in [0.15, 0.2) is 60.8 Å². The van der Waals surface area contributed by atoms with Gasteiger partial charge in [-0.1, -0.05) is 48.5 Å². The summed E-state index contributed by atoms with van der Waals surface area (Å²) in [6, 6.07) is 18.0. The number of amides is 1. The van der Waals surface area contributed by atoms with Crippen molar-refractivity contribution in [1.82, 2.24) is 19.6 Å². The molecule has 1 aromatic heterocycles. The highest BCUT2D eigenvalue weighted by Crippen LogP contribution is 2.13. The number of rotatable bonds is 4. The number of β-amino-alcohol motifs (C(OH)–C–C–N with tert-alkyl or cyclic N) is 1. The smallest absolute Gasteiger partial charge is 0.244 e. The van der Waals surface area contributed by atoms with E-state index in [-0.39, 0.29) is 12.5 Å². The second kappa shape index (κ2) is 7.90. The van der Waals surface area contributed by atoms with Gasteiger partial charge in [-0.2, -0.15) is 5.10 Å². The first-order chi connectivity index (χ1) is 13.2. The van der Waals surface area contributed by atoms with E-state index in [2.05, 4.69) is 22.1 Å². The van der Waals surface area contributed by atoms with Crippen LogP contribution in [0, 0.1) is 0 Å². The summed E-state index contributed by atoms with van der Waals surface area (Å²) < 4.78 is 1.69. The monoisotopic (exact) mass is 364 g/mol. The van der Waals surface area contributed by atoms with Gasteiger partial charge < -0.3 is 10.0 Å². The number of hydrogen-bond acceptors (Lipinski definition) is 4. The van der Waals surface area contributed by atoms with Gasteiger partial charge in [0.2, 0.25) is 5.91 Å². The maximum absolute atomic E-state index is 12.7. The van der Waals surface area contributed by atoms with Gasteiger partial charge >= 0.3 is 0 Å². The molecule has 2 heterocycles. The molecule has 1 unspecified atom stereocenters. The van der Waals surface area contributed by atoms with Crippen molar-refractivity contribution in [2.75, 3.05) is 26.2 Å². The molecule has 4 rings (SSSR count). The van der Waals surface area contributed by atoms with E-state index in [9.17, 15) is 9.90 Å². The fraction of sp³-hybridized carbons (Fsp3) is 0.333. The topological polar surface area (TPSA) is 61.6 Å². The van der Waals surface area contributed by atoms with Crippen molar-refractivity contribution in [2.45, 2.75) is 19.2 Å². The molecule has 6 nitrogen and oxygen atoms in total. The first-order valence-corrected chi connectivity index (χ1v) is 9.32. The zero-order valence-electron chi connectivity index (χ0n) is 15.2. The summed E-state index contributed by atoms with van der Waals surface area (Å²) in [7, 11) is 0. The number of aliphatic hydroxyl groups excluding tert-OH is 1. The van der Waals surface area contributed by atoms with Crippen molar-refractivity contribution < 1.29 is 9.90 Å². The molecule has 1 aliphatic rings. The normalized spacial score (nSPS) is 18.6. The second-order valence-electron chi connectivity index (χ2n) is 7.10. The standard InChI is InChI=1S/C21H24N4O2/c26-19-14-23(12-17-6-2-1-3-7-17)10-11-24(15-19)21(27)16-25-13-18-8-4-5-9-20(18)22-25/h1-9,13,19,26H,10-12,14-16H2. The largest absolute Gasteiger partial charge is 0.390 e. The third-order valence-corrected chi connectivity index (χ3v) is 4.95. The van der Waals surface area contributed by atoms with Crippen molar-refractivity contribution in [1.29, 1.82) is 0 Å². The Morgan fingerprint density at radius 3 is 2.63 bits per heavy atom. The number of aromatic nitrogens is 2. The third-order valence-electron chi connectivity index (χ3n) is 4.95. The lowest BCUT2D eigenvalue weighted by atomic mass is 10.2. The zero-order valence-corrected chi connectivity index (χ0v) is 15.2. The Labute approximate surface area is 158 Å². The lowest BCUT2D eigenvalue weighted by Gasteiger charge is -2.22. The molecule has 0 aliphatic carbocycles. The summed E-state index contributed by atoms with van der Waals surface area (Å²) in [4.78, 5) is 16.7. The van der Waals surface area contributed by atoms with Gasteiger partial charge in [-0.3, -0.25) is 14.4 Å². The van der Waals surface area contributed by atoms with Crippen LogP contribution in [-0.2, 0) is 17.9 Å². The van der Waals surface area contributed by atoms with Crippen LogP contribution in [0.1, 0.15) is 5.56 Å². The van der Waals surface area contributed by atoms with Crippen LogP contribution >= 0.6 is 0 Å². The van der Waals surface area contributed by atoms with E-state index in [1.54, 1.807) is 9.58 Å². The minimum absolute atomic E-state index is 0.0107. The quantitative estimate of drug-likeness (QED) is 0.766. The van der Waals surface area contributed by atoms with Crippen LogP contribution in [0.5, 0.6) is 0 Å². The molecule has 0 saturated carbocycles. The van der Waals surface area contributed by atoms with Crippen molar-refractivity contribution >= 4 is 16.8 Å². The molecule has 27 heavy (non-hydrogen) atoms. The van der Waals surface area contributed by atoms with Crippen LogP contribution in [0.4, 0.5) is 0 Å². The van der Waals surface area contributed by atoms with E-state index < -0.39 is 6.10 Å². The first kappa shape index (κ1) is 17.7. The van der Waals surface area contributed by atoms with E-state index in [0.29, 0.717) is 19.6 Å². The number of nitrogens with zero attached hydrogens (tertiary/aromatic N) is 4. The molecule has 3 aromatic rings. The Morgan fingerprint density at radius 1 is 1.04 bits per heavy atom. The Bertz CT molecular complexity index is 876. The molecular formula is C21H24N4O2. The van der Waals surface area contributed by atoms with E-state index in [4.69, 9.17) is 0 Å². The van der Waals surface area contributed by atoms with E-state index in [0.717, 1.165) is 24.0 Å². The molecule has 0 bridgehead atoms. The second-order valence-corrected chi connectivity index (χ2v) is 7.10. The molecular weight excluding hydrogens is 340 g/mol. The fourth-order valence-electron chi connectivity index (χ4n) is 3.60. The molecule has 1 aliphatic heterocycles. The fourth-order valence-corrected chi connectivity index (χ4v) is 3.60. The predicted octanol–water partition coefficient (Wildman–Crippen LogP) is 1.74. The van der Waals surface area contributed by atoms with E-state index >= 15 is 0 Å². The number of aliphatic hydroxyl groups is 1.